The Morgan fingerprint density at radius 1 is 1.33 bits per heavy atom. The summed E-state index contributed by atoms with van der Waals surface area (Å²) in [6, 6.07) is 4.13. The van der Waals surface area contributed by atoms with Crippen molar-refractivity contribution in [2.24, 2.45) is 5.92 Å². The van der Waals surface area contributed by atoms with E-state index in [0.29, 0.717) is 31.6 Å². The van der Waals surface area contributed by atoms with Crippen LogP contribution in [0.5, 0.6) is 0 Å². The molecule has 0 aliphatic carbocycles. The lowest BCUT2D eigenvalue weighted by Crippen LogP contribution is -2.47. The number of hydrogen-bond donors (Lipinski definition) is 1. The van der Waals surface area contributed by atoms with Gasteiger partial charge in [-0.1, -0.05) is 13.8 Å². The van der Waals surface area contributed by atoms with Crippen molar-refractivity contribution in [2.45, 2.75) is 40.3 Å². The number of hydrogen-bond acceptors (Lipinski definition) is 3. The summed E-state index contributed by atoms with van der Waals surface area (Å²) >= 11 is 0. The Balaban J connectivity index is 2.55. The summed E-state index contributed by atoms with van der Waals surface area (Å²) in [5.74, 6) is 2.18. The van der Waals surface area contributed by atoms with Crippen LogP contribution < -0.4 is 5.32 Å². The average molecular weight is 295 g/mol. The maximum Gasteiger partial charge on any atom is 0.317 e. The fraction of sp³-hybridized carbons (Fsp3) is 0.688. The van der Waals surface area contributed by atoms with Crippen LogP contribution >= 0.6 is 0 Å². The molecule has 0 fully saturated rings. The molecule has 0 spiro atoms. The Bertz CT molecular complexity index is 432. The number of nitrogens with one attached hydrogen (secondary N) is 1. The van der Waals surface area contributed by atoms with E-state index in [9.17, 15) is 4.79 Å². The van der Waals surface area contributed by atoms with Gasteiger partial charge < -0.3 is 19.5 Å². The van der Waals surface area contributed by atoms with Crippen molar-refractivity contribution in [1.29, 1.82) is 0 Å². The molecule has 21 heavy (non-hydrogen) atoms. The van der Waals surface area contributed by atoms with Crippen LogP contribution in [0.2, 0.25) is 0 Å². The molecular formula is C16H29N3O2. The minimum absolute atomic E-state index is 0.0425. The van der Waals surface area contributed by atoms with Gasteiger partial charge in [-0.15, -0.1) is 0 Å². The van der Waals surface area contributed by atoms with Crippen molar-refractivity contribution >= 4 is 6.03 Å². The Kier molecular flexibility index (Phi) is 6.75. The lowest BCUT2D eigenvalue weighted by molar-refractivity contribution is 0.181. The van der Waals surface area contributed by atoms with E-state index in [2.05, 4.69) is 24.1 Å². The Morgan fingerprint density at radius 3 is 2.43 bits per heavy atom. The Labute approximate surface area is 128 Å². The molecule has 1 rings (SSSR count). The lowest BCUT2D eigenvalue weighted by Gasteiger charge is -2.29. The van der Waals surface area contributed by atoms with Crippen LogP contribution in [0.3, 0.4) is 0 Å². The number of rotatable bonds is 7. The van der Waals surface area contributed by atoms with Crippen molar-refractivity contribution in [3.05, 3.63) is 23.7 Å². The van der Waals surface area contributed by atoms with E-state index in [4.69, 9.17) is 4.42 Å². The lowest BCUT2D eigenvalue weighted by atomic mass is 10.0. The second-order valence-electron chi connectivity index (χ2n) is 5.99. The SMILES string of the molecule is CCN(Cc1ccc(C)o1)C(=O)NC[C@@H](C(C)C)N(C)C. The van der Waals surface area contributed by atoms with Crippen LogP contribution in [0, 0.1) is 12.8 Å². The molecule has 5 nitrogen and oxygen atoms in total. The molecule has 2 amide bonds. The minimum Gasteiger partial charge on any atom is -0.464 e. The van der Waals surface area contributed by atoms with Gasteiger partial charge >= 0.3 is 6.03 Å². The maximum atomic E-state index is 12.3. The largest absolute Gasteiger partial charge is 0.464 e. The molecule has 0 aromatic carbocycles. The molecule has 1 N–H and O–H groups in total. The first kappa shape index (κ1) is 17.6. The van der Waals surface area contributed by atoms with Crippen LogP contribution in [0.15, 0.2) is 16.5 Å². The van der Waals surface area contributed by atoms with Gasteiger partial charge in [0, 0.05) is 19.1 Å². The monoisotopic (exact) mass is 295 g/mol. The van der Waals surface area contributed by atoms with E-state index in [1.165, 1.54) is 0 Å². The van der Waals surface area contributed by atoms with Crippen LogP contribution in [0.25, 0.3) is 0 Å². The molecule has 1 heterocycles. The molecule has 0 saturated carbocycles. The first-order valence-corrected chi connectivity index (χ1v) is 7.59. The van der Waals surface area contributed by atoms with Gasteiger partial charge in [0.1, 0.15) is 11.5 Å². The molecule has 1 atom stereocenters. The highest BCUT2D eigenvalue weighted by atomic mass is 16.3. The molecule has 0 aliphatic rings. The van der Waals surface area contributed by atoms with Crippen molar-refractivity contribution in [2.75, 3.05) is 27.2 Å². The first-order valence-electron chi connectivity index (χ1n) is 7.59. The van der Waals surface area contributed by atoms with Gasteiger partial charge in [-0.25, -0.2) is 4.79 Å². The zero-order valence-electron chi connectivity index (χ0n) is 14.1. The molecule has 0 radical (unpaired) electrons. The van der Waals surface area contributed by atoms with Crippen LogP contribution in [-0.2, 0) is 6.54 Å². The summed E-state index contributed by atoms with van der Waals surface area (Å²) in [7, 11) is 4.08. The standard InChI is InChI=1S/C16H29N3O2/c1-7-19(11-14-9-8-13(4)21-14)16(20)17-10-15(12(2)3)18(5)6/h8-9,12,15H,7,10-11H2,1-6H3,(H,17,20)/t15-/m0/s1. The highest BCUT2D eigenvalue weighted by molar-refractivity contribution is 5.74. The summed E-state index contributed by atoms with van der Waals surface area (Å²) in [6.45, 7) is 10.0. The zero-order chi connectivity index (χ0) is 16.0. The average Bonchev–Trinajstić information content (AvgIpc) is 2.80. The van der Waals surface area contributed by atoms with Gasteiger partial charge in [0.15, 0.2) is 0 Å². The van der Waals surface area contributed by atoms with Crippen LogP contribution in [0.1, 0.15) is 32.3 Å². The number of carbonyl (C=O) groups excluding carboxylic acids is 1. The molecule has 5 heteroatoms. The number of carbonyl (C=O) groups is 1. The Hall–Kier alpha value is -1.49. The third-order valence-corrected chi connectivity index (χ3v) is 3.71. The quantitative estimate of drug-likeness (QED) is 0.841. The van der Waals surface area contributed by atoms with Crippen molar-refractivity contribution < 1.29 is 9.21 Å². The molecular weight excluding hydrogens is 266 g/mol. The highest BCUT2D eigenvalue weighted by Crippen LogP contribution is 2.10. The number of nitrogens with zero attached hydrogens (tertiary/aromatic N) is 2. The summed E-state index contributed by atoms with van der Waals surface area (Å²) in [5.41, 5.74) is 0. The predicted octanol–water partition coefficient (Wildman–Crippen LogP) is 2.71. The van der Waals surface area contributed by atoms with E-state index in [-0.39, 0.29) is 6.03 Å². The van der Waals surface area contributed by atoms with E-state index < -0.39 is 0 Å². The summed E-state index contributed by atoms with van der Waals surface area (Å²) in [5, 5.41) is 3.03. The summed E-state index contributed by atoms with van der Waals surface area (Å²) < 4.78 is 5.54. The van der Waals surface area contributed by atoms with E-state index >= 15 is 0 Å². The molecule has 0 unspecified atom stereocenters. The number of furan rings is 1. The molecule has 0 aliphatic heterocycles. The Morgan fingerprint density at radius 2 is 2.00 bits per heavy atom. The minimum atomic E-state index is -0.0425. The molecule has 0 bridgehead atoms. The molecule has 1 aromatic heterocycles. The maximum absolute atomic E-state index is 12.3. The normalized spacial score (nSPS) is 12.8. The number of urea groups is 1. The van der Waals surface area contributed by atoms with Gasteiger partial charge in [0.05, 0.1) is 6.54 Å². The fourth-order valence-corrected chi connectivity index (χ4v) is 2.40. The van der Waals surface area contributed by atoms with Gasteiger partial charge in [-0.2, -0.15) is 0 Å². The van der Waals surface area contributed by atoms with Crippen LogP contribution in [-0.4, -0.2) is 49.1 Å². The zero-order valence-corrected chi connectivity index (χ0v) is 14.1. The molecule has 120 valence electrons. The highest BCUT2D eigenvalue weighted by Gasteiger charge is 2.19. The number of aryl methyl sites for hydroxylation is 1. The second-order valence-corrected chi connectivity index (χ2v) is 5.99. The van der Waals surface area contributed by atoms with E-state index in [1.54, 1.807) is 4.90 Å². The topological polar surface area (TPSA) is 48.7 Å². The fourth-order valence-electron chi connectivity index (χ4n) is 2.40. The van der Waals surface area contributed by atoms with Gasteiger partial charge in [0.2, 0.25) is 0 Å². The van der Waals surface area contributed by atoms with Crippen molar-refractivity contribution in [3.8, 4) is 0 Å². The number of likely N-dealkylation sites (N-methyl/N-ethyl adjacent to an activating group) is 1. The van der Waals surface area contributed by atoms with Crippen LogP contribution in [0.4, 0.5) is 4.79 Å². The van der Waals surface area contributed by atoms with Crippen molar-refractivity contribution in [1.82, 2.24) is 15.1 Å². The second kappa shape index (κ2) is 8.08. The van der Waals surface area contributed by atoms with Gasteiger partial charge in [-0.3, -0.25) is 0 Å². The predicted molar refractivity (Wildman–Crippen MR) is 85.2 cm³/mol. The number of amides is 2. The van der Waals surface area contributed by atoms with E-state index in [0.717, 1.165) is 11.5 Å². The van der Waals surface area contributed by atoms with Gasteiger partial charge in [-0.05, 0) is 46.0 Å². The molecule has 0 saturated heterocycles. The third kappa shape index (κ3) is 5.42. The van der Waals surface area contributed by atoms with E-state index in [1.807, 2.05) is 40.1 Å². The summed E-state index contributed by atoms with van der Waals surface area (Å²) in [6.07, 6.45) is 0. The third-order valence-electron chi connectivity index (χ3n) is 3.71. The van der Waals surface area contributed by atoms with Gasteiger partial charge in [0.25, 0.3) is 0 Å². The molecule has 1 aromatic rings. The summed E-state index contributed by atoms with van der Waals surface area (Å²) in [4.78, 5) is 16.2. The van der Waals surface area contributed by atoms with Crippen molar-refractivity contribution in [3.63, 3.8) is 0 Å². The smallest absolute Gasteiger partial charge is 0.317 e. The first-order chi connectivity index (χ1) is 9.85.